The van der Waals surface area contributed by atoms with Crippen LogP contribution in [0.1, 0.15) is 29.2 Å². The highest BCUT2D eigenvalue weighted by Gasteiger charge is 2.37. The molecule has 13 nitrogen and oxygen atoms in total. The molecule has 1 atom stereocenters. The van der Waals surface area contributed by atoms with E-state index in [0.29, 0.717) is 48.3 Å². The molecule has 0 radical (unpaired) electrons. The minimum atomic E-state index is -4.74. The number of anilines is 2. The lowest BCUT2D eigenvalue weighted by atomic mass is 10.1. The summed E-state index contributed by atoms with van der Waals surface area (Å²) in [5.41, 5.74) is -2.41. The van der Waals surface area contributed by atoms with Crippen molar-refractivity contribution in [3.05, 3.63) is 70.2 Å². The zero-order valence-corrected chi connectivity index (χ0v) is 24.5. The number of carbonyl (C=O) groups excluding carboxylic acids is 1. The molecule has 0 bridgehead atoms. The van der Waals surface area contributed by atoms with Gasteiger partial charge in [-0.2, -0.15) is 38.3 Å². The third-order valence-electron chi connectivity index (χ3n) is 7.99. The molecule has 5 heterocycles. The van der Waals surface area contributed by atoms with Gasteiger partial charge < -0.3 is 14.7 Å². The molecule has 1 fully saturated rings. The van der Waals surface area contributed by atoms with Gasteiger partial charge in [0.2, 0.25) is 11.9 Å². The van der Waals surface area contributed by atoms with Crippen LogP contribution in [0.5, 0.6) is 0 Å². The second-order valence-corrected chi connectivity index (χ2v) is 10.9. The van der Waals surface area contributed by atoms with Gasteiger partial charge in [-0.1, -0.05) is 18.7 Å². The Morgan fingerprint density at radius 2 is 1.91 bits per heavy atom. The summed E-state index contributed by atoms with van der Waals surface area (Å²) in [5.74, 6) is 1.48. The number of benzene rings is 1. The molecule has 1 unspecified atom stereocenters. The van der Waals surface area contributed by atoms with Crippen LogP contribution >= 0.6 is 0 Å². The monoisotopic (exact) mass is 619 g/mol. The van der Waals surface area contributed by atoms with Gasteiger partial charge in [0.05, 0.1) is 54.5 Å². The highest BCUT2D eigenvalue weighted by atomic mass is 19.4. The molecule has 0 aliphatic carbocycles. The van der Waals surface area contributed by atoms with E-state index in [1.807, 2.05) is 9.80 Å². The van der Waals surface area contributed by atoms with Crippen molar-refractivity contribution in [2.24, 2.45) is 0 Å². The Bertz CT molecular complexity index is 1930. The molecule has 0 N–H and O–H groups in total. The first kappa shape index (κ1) is 29.7. The molecule has 3 aromatic heterocycles. The summed E-state index contributed by atoms with van der Waals surface area (Å²) in [7, 11) is 0. The summed E-state index contributed by atoms with van der Waals surface area (Å²) < 4.78 is 44.9. The fourth-order valence-corrected chi connectivity index (χ4v) is 5.91. The van der Waals surface area contributed by atoms with Crippen molar-refractivity contribution >= 4 is 28.6 Å². The van der Waals surface area contributed by atoms with Gasteiger partial charge in [0, 0.05) is 26.2 Å². The molecule has 0 saturated carbocycles. The summed E-state index contributed by atoms with van der Waals surface area (Å²) >= 11 is 0. The summed E-state index contributed by atoms with van der Waals surface area (Å²) in [6.45, 7) is 8.65. The van der Waals surface area contributed by atoms with E-state index in [4.69, 9.17) is 4.98 Å². The molecular weight excluding hydrogens is 591 g/mol. The Kier molecular flexibility index (Phi) is 7.47. The number of fused-ring (bicyclic) bond motifs is 2. The molecule has 1 saturated heterocycles. The quantitative estimate of drug-likeness (QED) is 0.306. The number of nitriles is 1. The lowest BCUT2D eigenvalue weighted by Crippen LogP contribution is -2.55. The third-order valence-corrected chi connectivity index (χ3v) is 7.99. The standard InChI is InChI=1S/C29H28F3N11O2/c1-4-23(44)41-12-10-39(15-19(41)8-9-33)26-20-14-34-43(21-7-5-6-17(2)24(21)29(30,31)32)27(45)25(20)36-28(37-26)40-11-13-42-22(16-40)35-18(3)38-42/h4-7,14,19H,1,8,10-13,15-16H2,2-3H3. The lowest BCUT2D eigenvalue weighted by Gasteiger charge is -2.41. The van der Waals surface area contributed by atoms with Crippen molar-refractivity contribution in [2.45, 2.75) is 45.6 Å². The van der Waals surface area contributed by atoms with Crippen LogP contribution < -0.4 is 15.4 Å². The minimum Gasteiger partial charge on any atom is -0.352 e. The molecule has 16 heteroatoms. The maximum atomic E-state index is 14.1. The van der Waals surface area contributed by atoms with E-state index in [0.717, 1.165) is 0 Å². The molecular formula is C29H28F3N11O2. The molecule has 45 heavy (non-hydrogen) atoms. The predicted molar refractivity (Wildman–Crippen MR) is 157 cm³/mol. The third kappa shape index (κ3) is 5.34. The number of halogens is 3. The molecule has 0 spiro atoms. The van der Waals surface area contributed by atoms with Gasteiger partial charge in [0.1, 0.15) is 23.0 Å². The maximum Gasteiger partial charge on any atom is 0.418 e. The first-order valence-electron chi connectivity index (χ1n) is 14.2. The van der Waals surface area contributed by atoms with Gasteiger partial charge in [-0.3, -0.25) is 9.59 Å². The largest absolute Gasteiger partial charge is 0.418 e. The Morgan fingerprint density at radius 1 is 1.13 bits per heavy atom. The van der Waals surface area contributed by atoms with E-state index in [1.54, 1.807) is 16.5 Å². The first-order valence-corrected chi connectivity index (χ1v) is 14.2. The predicted octanol–water partition coefficient (Wildman–Crippen LogP) is 2.54. The number of nitrogens with zero attached hydrogens (tertiary/aromatic N) is 11. The molecule has 2 aliphatic rings. The van der Waals surface area contributed by atoms with Crippen molar-refractivity contribution in [1.82, 2.24) is 39.4 Å². The van der Waals surface area contributed by atoms with Gasteiger partial charge in [-0.05, 0) is 31.6 Å². The van der Waals surface area contributed by atoms with Gasteiger partial charge in [0.25, 0.3) is 5.56 Å². The number of aromatic nitrogens is 7. The highest BCUT2D eigenvalue weighted by molar-refractivity contribution is 5.90. The number of aryl methyl sites for hydroxylation is 2. The number of amides is 1. The average molecular weight is 620 g/mol. The first-order chi connectivity index (χ1) is 21.5. The Hall–Kier alpha value is -5.33. The molecule has 4 aromatic rings. The van der Waals surface area contributed by atoms with Crippen molar-refractivity contribution in [1.29, 1.82) is 5.26 Å². The van der Waals surface area contributed by atoms with Gasteiger partial charge in [-0.25, -0.2) is 14.6 Å². The van der Waals surface area contributed by atoms with E-state index in [1.165, 1.54) is 37.4 Å². The lowest BCUT2D eigenvalue weighted by molar-refractivity contribution is -0.138. The number of alkyl halides is 3. The molecule has 1 amide bonds. The van der Waals surface area contributed by atoms with Crippen LogP contribution in [-0.2, 0) is 24.1 Å². The SMILES string of the molecule is C=CC(=O)N1CCN(c2nc(N3CCn4nc(C)nc4C3)nc3c(=O)n(-c4cccc(C)c4C(F)(F)F)ncc23)CC1CC#N. The van der Waals surface area contributed by atoms with Crippen LogP contribution in [0.3, 0.4) is 0 Å². The van der Waals surface area contributed by atoms with Crippen LogP contribution in [0.2, 0.25) is 0 Å². The van der Waals surface area contributed by atoms with Crippen LogP contribution in [0.15, 0.2) is 41.8 Å². The Labute approximate surface area is 254 Å². The van der Waals surface area contributed by atoms with E-state index in [9.17, 15) is 28.0 Å². The number of rotatable bonds is 5. The molecule has 232 valence electrons. The summed E-state index contributed by atoms with van der Waals surface area (Å²) in [5, 5.41) is 18.3. The minimum absolute atomic E-state index is 0.0473. The van der Waals surface area contributed by atoms with Gasteiger partial charge in [-0.15, -0.1) is 0 Å². The zero-order valence-electron chi connectivity index (χ0n) is 24.5. The normalized spacial score (nSPS) is 16.9. The summed E-state index contributed by atoms with van der Waals surface area (Å²) in [4.78, 5) is 45.7. The van der Waals surface area contributed by atoms with Crippen LogP contribution in [-0.4, -0.2) is 77.5 Å². The number of carbonyl (C=O) groups is 1. The Balaban J connectivity index is 1.52. The Morgan fingerprint density at radius 3 is 2.64 bits per heavy atom. The maximum absolute atomic E-state index is 14.1. The second-order valence-electron chi connectivity index (χ2n) is 10.9. The summed E-state index contributed by atoms with van der Waals surface area (Å²) in [6.07, 6.45) is -2.21. The number of hydrogen-bond donors (Lipinski definition) is 0. The molecule has 2 aliphatic heterocycles. The van der Waals surface area contributed by atoms with Crippen LogP contribution in [0.4, 0.5) is 24.9 Å². The summed E-state index contributed by atoms with van der Waals surface area (Å²) in [6, 6.07) is 5.57. The second kappa shape index (κ2) is 11.3. The van der Waals surface area contributed by atoms with Crippen molar-refractivity contribution in [3.63, 3.8) is 0 Å². The number of hydrogen-bond acceptors (Lipinski definition) is 10. The van der Waals surface area contributed by atoms with E-state index >= 15 is 0 Å². The fraction of sp³-hybridized carbons (Fsp3) is 0.379. The highest BCUT2D eigenvalue weighted by Crippen LogP contribution is 2.36. The van der Waals surface area contributed by atoms with E-state index in [2.05, 4.69) is 32.8 Å². The molecule has 6 rings (SSSR count). The van der Waals surface area contributed by atoms with Crippen LogP contribution in [0.25, 0.3) is 16.6 Å². The fourth-order valence-electron chi connectivity index (χ4n) is 5.91. The van der Waals surface area contributed by atoms with Crippen molar-refractivity contribution < 1.29 is 18.0 Å². The smallest absolute Gasteiger partial charge is 0.352 e. The zero-order chi connectivity index (χ0) is 32.0. The number of piperazine rings is 1. The van der Waals surface area contributed by atoms with Crippen molar-refractivity contribution in [2.75, 3.05) is 36.0 Å². The van der Waals surface area contributed by atoms with E-state index in [-0.39, 0.29) is 47.8 Å². The average Bonchev–Trinajstić information content (AvgIpc) is 3.39. The van der Waals surface area contributed by atoms with Crippen LogP contribution in [0, 0.1) is 25.2 Å². The van der Waals surface area contributed by atoms with Gasteiger partial charge >= 0.3 is 6.18 Å². The molecule has 1 aromatic carbocycles. The van der Waals surface area contributed by atoms with Crippen molar-refractivity contribution in [3.8, 4) is 11.8 Å². The van der Waals surface area contributed by atoms with E-state index < -0.39 is 29.0 Å². The van der Waals surface area contributed by atoms with Gasteiger partial charge in [0.15, 0.2) is 0 Å². The topological polar surface area (TPSA) is 142 Å².